The highest BCUT2D eigenvalue weighted by Gasteiger charge is 2.46. The number of carbonyl (C=O) groups excluding carboxylic acids is 1. The molecule has 0 aromatic carbocycles. The second-order valence-electron chi connectivity index (χ2n) is 7.52. The Balaban J connectivity index is 0.000000409. The zero-order valence-electron chi connectivity index (χ0n) is 16.5. The van der Waals surface area contributed by atoms with Gasteiger partial charge in [0.15, 0.2) is 0 Å². The van der Waals surface area contributed by atoms with Crippen molar-refractivity contribution in [3.05, 3.63) is 0 Å². The summed E-state index contributed by atoms with van der Waals surface area (Å²) in [5.74, 6) is -3.72. The number of ether oxygens (including phenoxy) is 2. The lowest BCUT2D eigenvalue weighted by atomic mass is 10.0. The number of methoxy groups -OCH3 is 1. The first-order valence-corrected chi connectivity index (χ1v) is 10.1. The van der Waals surface area contributed by atoms with Crippen molar-refractivity contribution in [1.29, 1.82) is 0 Å². The predicted molar refractivity (Wildman–Crippen MR) is 100 cm³/mol. The maximum Gasteiger partial charge on any atom is 0.414 e. The van der Waals surface area contributed by atoms with E-state index in [1.807, 2.05) is 0 Å². The quantitative estimate of drug-likeness (QED) is 0.511. The van der Waals surface area contributed by atoms with Crippen molar-refractivity contribution in [3.8, 4) is 0 Å². The Labute approximate surface area is 165 Å². The molecule has 9 nitrogen and oxygen atoms in total. The highest BCUT2D eigenvalue weighted by molar-refractivity contribution is 6.27. The van der Waals surface area contributed by atoms with E-state index in [0.717, 1.165) is 32.6 Å². The molecule has 3 fully saturated rings. The van der Waals surface area contributed by atoms with Gasteiger partial charge >= 0.3 is 17.9 Å². The van der Waals surface area contributed by atoms with Crippen LogP contribution in [0.1, 0.15) is 44.9 Å². The van der Waals surface area contributed by atoms with Gasteiger partial charge in [-0.05, 0) is 51.7 Å². The molecule has 28 heavy (non-hydrogen) atoms. The first kappa shape index (κ1) is 22.6. The molecule has 0 bridgehead atoms. The molecule has 3 rings (SSSR count). The number of aliphatic carboxylic acids is 2. The third-order valence-corrected chi connectivity index (χ3v) is 5.71. The van der Waals surface area contributed by atoms with Gasteiger partial charge in [-0.3, -0.25) is 14.6 Å². The molecule has 3 unspecified atom stereocenters. The van der Waals surface area contributed by atoms with Crippen molar-refractivity contribution in [1.82, 2.24) is 9.80 Å². The van der Waals surface area contributed by atoms with Gasteiger partial charge in [0.1, 0.15) is 12.6 Å². The van der Waals surface area contributed by atoms with Crippen molar-refractivity contribution >= 4 is 17.9 Å². The minimum Gasteiger partial charge on any atom is -0.473 e. The summed E-state index contributed by atoms with van der Waals surface area (Å²) in [6.07, 6.45) is 8.52. The smallest absolute Gasteiger partial charge is 0.414 e. The number of likely N-dealkylation sites (tertiary alicyclic amines) is 1. The molecule has 0 saturated carbocycles. The zero-order chi connectivity index (χ0) is 20.5. The third-order valence-electron chi connectivity index (χ3n) is 5.71. The third kappa shape index (κ3) is 6.42. The lowest BCUT2D eigenvalue weighted by Gasteiger charge is -2.33. The average Bonchev–Trinajstić information content (AvgIpc) is 3.08. The van der Waals surface area contributed by atoms with Crippen LogP contribution < -0.4 is 0 Å². The first-order valence-electron chi connectivity index (χ1n) is 10.1. The largest absolute Gasteiger partial charge is 0.473 e. The molecule has 0 aromatic rings. The van der Waals surface area contributed by atoms with Crippen LogP contribution in [0, 0.1) is 0 Å². The second-order valence-corrected chi connectivity index (χ2v) is 7.52. The number of piperidine rings is 2. The summed E-state index contributed by atoms with van der Waals surface area (Å²) in [7, 11) is 1.72. The SMILES string of the molecule is COC1CC2CCCCN2C1C(=O)OCCN1CCCCC1.O=C(O)C(=O)O. The lowest BCUT2D eigenvalue weighted by molar-refractivity contribution is -0.159. The molecule has 160 valence electrons. The molecule has 3 aliphatic rings. The highest BCUT2D eigenvalue weighted by Crippen LogP contribution is 2.33. The number of esters is 1. The summed E-state index contributed by atoms with van der Waals surface area (Å²) < 4.78 is 11.2. The second kappa shape index (κ2) is 11.3. The summed E-state index contributed by atoms with van der Waals surface area (Å²) in [6, 6.07) is 0.329. The molecule has 2 N–H and O–H groups in total. The van der Waals surface area contributed by atoms with E-state index in [1.54, 1.807) is 7.11 Å². The van der Waals surface area contributed by atoms with Crippen LogP contribution in [-0.4, -0.2) is 96.0 Å². The first-order chi connectivity index (χ1) is 13.4. The van der Waals surface area contributed by atoms with E-state index in [9.17, 15) is 4.79 Å². The monoisotopic (exact) mass is 400 g/mol. The van der Waals surface area contributed by atoms with Crippen LogP contribution in [0.15, 0.2) is 0 Å². The van der Waals surface area contributed by atoms with Crippen LogP contribution >= 0.6 is 0 Å². The molecular formula is C19H32N2O7. The molecule has 9 heteroatoms. The standard InChI is InChI=1S/C17H30N2O3.C2H2O4/c1-21-15-13-14-7-3-6-10-19(14)16(15)17(20)22-12-11-18-8-4-2-5-9-18;3-1(4)2(5)6/h14-16H,2-13H2,1H3;(H,3,4)(H,5,6). The Morgan fingerprint density at radius 3 is 2.21 bits per heavy atom. The van der Waals surface area contributed by atoms with Gasteiger partial charge in [0.2, 0.25) is 0 Å². The van der Waals surface area contributed by atoms with E-state index in [2.05, 4.69) is 9.80 Å². The van der Waals surface area contributed by atoms with Gasteiger partial charge in [-0.25, -0.2) is 9.59 Å². The molecule has 3 aliphatic heterocycles. The fourth-order valence-corrected chi connectivity index (χ4v) is 4.31. The molecule has 3 heterocycles. The van der Waals surface area contributed by atoms with Crippen LogP contribution in [0.2, 0.25) is 0 Å². The number of carboxylic acids is 2. The van der Waals surface area contributed by atoms with Gasteiger partial charge in [-0.15, -0.1) is 0 Å². The van der Waals surface area contributed by atoms with E-state index in [1.165, 1.54) is 38.5 Å². The molecule has 3 atom stereocenters. The summed E-state index contributed by atoms with van der Waals surface area (Å²) in [5.41, 5.74) is 0. The van der Waals surface area contributed by atoms with E-state index >= 15 is 0 Å². The fraction of sp³-hybridized carbons (Fsp3) is 0.842. The Kier molecular flexibility index (Phi) is 9.14. The number of carboxylic acid groups (broad SMARTS) is 2. The number of rotatable bonds is 5. The number of fused-ring (bicyclic) bond motifs is 1. The maximum absolute atomic E-state index is 12.5. The average molecular weight is 400 g/mol. The van der Waals surface area contributed by atoms with E-state index < -0.39 is 11.9 Å². The van der Waals surface area contributed by atoms with Gasteiger partial charge in [-0.2, -0.15) is 0 Å². The topological polar surface area (TPSA) is 117 Å². The summed E-state index contributed by atoms with van der Waals surface area (Å²) >= 11 is 0. The minimum atomic E-state index is -1.82. The highest BCUT2D eigenvalue weighted by atomic mass is 16.5. The maximum atomic E-state index is 12.5. The van der Waals surface area contributed by atoms with Crippen LogP contribution in [0.25, 0.3) is 0 Å². The molecular weight excluding hydrogens is 368 g/mol. The summed E-state index contributed by atoms with van der Waals surface area (Å²) in [6.45, 7) is 4.70. The van der Waals surface area contributed by atoms with Crippen LogP contribution in [0.3, 0.4) is 0 Å². The van der Waals surface area contributed by atoms with E-state index in [-0.39, 0.29) is 18.1 Å². The number of hydrogen-bond donors (Lipinski definition) is 2. The number of hydrogen-bond acceptors (Lipinski definition) is 7. The van der Waals surface area contributed by atoms with Gasteiger partial charge < -0.3 is 19.7 Å². The molecule has 3 saturated heterocycles. The van der Waals surface area contributed by atoms with Crippen molar-refractivity contribution in [2.75, 3.05) is 39.9 Å². The normalized spacial score (nSPS) is 28.0. The molecule has 0 amide bonds. The molecule has 0 aliphatic carbocycles. The zero-order valence-corrected chi connectivity index (χ0v) is 16.5. The summed E-state index contributed by atoms with van der Waals surface area (Å²) in [4.78, 5) is 35.5. The van der Waals surface area contributed by atoms with Crippen molar-refractivity contribution in [3.63, 3.8) is 0 Å². The Hall–Kier alpha value is -1.71. The van der Waals surface area contributed by atoms with Crippen LogP contribution in [-0.2, 0) is 23.9 Å². The fourth-order valence-electron chi connectivity index (χ4n) is 4.31. The van der Waals surface area contributed by atoms with Crippen molar-refractivity contribution < 1.29 is 34.1 Å². The van der Waals surface area contributed by atoms with Crippen molar-refractivity contribution in [2.24, 2.45) is 0 Å². The minimum absolute atomic E-state index is 0.00517. The van der Waals surface area contributed by atoms with Gasteiger partial charge in [0.05, 0.1) is 6.10 Å². The van der Waals surface area contributed by atoms with Crippen LogP contribution in [0.5, 0.6) is 0 Å². The van der Waals surface area contributed by atoms with E-state index in [0.29, 0.717) is 12.6 Å². The van der Waals surface area contributed by atoms with E-state index in [4.69, 9.17) is 29.3 Å². The van der Waals surface area contributed by atoms with Gasteiger partial charge in [0.25, 0.3) is 0 Å². The summed E-state index contributed by atoms with van der Waals surface area (Å²) in [5, 5.41) is 14.8. The predicted octanol–water partition coefficient (Wildman–Crippen LogP) is 0.813. The Morgan fingerprint density at radius 1 is 0.964 bits per heavy atom. The Morgan fingerprint density at radius 2 is 1.61 bits per heavy atom. The van der Waals surface area contributed by atoms with Crippen LogP contribution in [0.4, 0.5) is 0 Å². The molecule has 0 spiro atoms. The van der Waals surface area contributed by atoms with Crippen molar-refractivity contribution in [2.45, 2.75) is 63.1 Å². The lowest BCUT2D eigenvalue weighted by Crippen LogP contribution is -2.48. The molecule has 0 aromatic heterocycles. The van der Waals surface area contributed by atoms with Gasteiger partial charge in [0, 0.05) is 19.7 Å². The number of nitrogens with zero attached hydrogens (tertiary/aromatic N) is 2. The number of carbonyl (C=O) groups is 3. The Bertz CT molecular complexity index is 524. The molecule has 0 radical (unpaired) electrons. The van der Waals surface area contributed by atoms with Gasteiger partial charge in [-0.1, -0.05) is 12.8 Å².